The molecule has 1 aromatic rings. The summed E-state index contributed by atoms with van der Waals surface area (Å²) in [6.07, 6.45) is 4.68. The maximum Gasteiger partial charge on any atom is 0.179 e. The molecule has 0 spiro atoms. The van der Waals surface area contributed by atoms with Crippen LogP contribution >= 0.6 is 23.2 Å². The van der Waals surface area contributed by atoms with Gasteiger partial charge in [-0.1, -0.05) is 42.8 Å². The van der Waals surface area contributed by atoms with Gasteiger partial charge in [0.1, 0.15) is 0 Å². The van der Waals surface area contributed by atoms with Crippen molar-refractivity contribution in [3.63, 3.8) is 0 Å². The Morgan fingerprint density at radius 3 is 2.65 bits per heavy atom. The van der Waals surface area contributed by atoms with Crippen LogP contribution in [0.1, 0.15) is 19.4 Å². The van der Waals surface area contributed by atoms with Gasteiger partial charge in [-0.3, -0.25) is 4.79 Å². The summed E-state index contributed by atoms with van der Waals surface area (Å²) < 4.78 is 0. The van der Waals surface area contributed by atoms with E-state index in [4.69, 9.17) is 23.2 Å². The summed E-state index contributed by atoms with van der Waals surface area (Å²) >= 11 is 12.1. The van der Waals surface area contributed by atoms with E-state index < -0.39 is 11.2 Å². The van der Waals surface area contributed by atoms with Crippen LogP contribution in [0.3, 0.4) is 0 Å². The Hall–Kier alpha value is -1.58. The summed E-state index contributed by atoms with van der Waals surface area (Å²) in [5.41, 5.74) is 2.09. The van der Waals surface area contributed by atoms with Crippen LogP contribution in [0.15, 0.2) is 34.9 Å². The third kappa shape index (κ3) is 1.74. The third-order valence-corrected chi connectivity index (χ3v) is 4.30. The minimum Gasteiger partial charge on any atom is -0.870 e. The summed E-state index contributed by atoms with van der Waals surface area (Å²) in [4.78, 5) is 16.1. The molecule has 0 fully saturated rings. The molecular formula is C15H10Cl2NO2-. The number of allylic oxidation sites excluding steroid dienone is 4. The first-order valence-electron chi connectivity index (χ1n) is 6.05. The van der Waals surface area contributed by atoms with Crippen molar-refractivity contribution in [1.29, 1.82) is 0 Å². The number of fused-ring (bicyclic) bond motifs is 2. The third-order valence-electron chi connectivity index (χ3n) is 3.66. The van der Waals surface area contributed by atoms with Crippen LogP contribution in [-0.4, -0.2) is 11.5 Å². The highest BCUT2D eigenvalue weighted by Crippen LogP contribution is 2.50. The van der Waals surface area contributed by atoms with Gasteiger partial charge in [0, 0.05) is 21.0 Å². The zero-order chi connectivity index (χ0) is 14.7. The molecule has 1 aromatic carbocycles. The van der Waals surface area contributed by atoms with Gasteiger partial charge in [0.2, 0.25) is 0 Å². The molecule has 20 heavy (non-hydrogen) atoms. The van der Waals surface area contributed by atoms with Crippen LogP contribution < -0.4 is 5.11 Å². The number of hydrogen-bond acceptors (Lipinski definition) is 3. The summed E-state index contributed by atoms with van der Waals surface area (Å²) in [5, 5.41) is 12.1. The highest BCUT2D eigenvalue weighted by Gasteiger charge is 2.37. The standard InChI is InChI=1S/C15H11Cl2NO2/c1-15(2)8-5-7(19)3-4-10(8)18-11-6-9(16)14(20)13(17)12(11)15/h3-6,20H,1-2H3/p-1. The molecule has 0 amide bonds. The molecule has 0 atom stereocenters. The molecule has 102 valence electrons. The molecule has 1 aliphatic heterocycles. The van der Waals surface area contributed by atoms with Gasteiger partial charge < -0.3 is 5.11 Å². The van der Waals surface area contributed by atoms with Crippen molar-refractivity contribution < 1.29 is 9.90 Å². The predicted octanol–water partition coefficient (Wildman–Crippen LogP) is 3.50. The van der Waals surface area contributed by atoms with Crippen molar-refractivity contribution in [2.24, 2.45) is 4.99 Å². The first-order chi connectivity index (χ1) is 9.32. The van der Waals surface area contributed by atoms with Crippen LogP contribution in [0.25, 0.3) is 0 Å². The highest BCUT2D eigenvalue weighted by molar-refractivity contribution is 6.38. The van der Waals surface area contributed by atoms with E-state index in [9.17, 15) is 9.90 Å². The Morgan fingerprint density at radius 1 is 1.25 bits per heavy atom. The molecule has 3 nitrogen and oxygen atoms in total. The Labute approximate surface area is 126 Å². The smallest absolute Gasteiger partial charge is 0.179 e. The van der Waals surface area contributed by atoms with Gasteiger partial charge in [0.25, 0.3) is 0 Å². The lowest BCUT2D eigenvalue weighted by atomic mass is 9.71. The molecular weight excluding hydrogens is 297 g/mol. The minimum atomic E-state index is -0.576. The van der Waals surface area contributed by atoms with Gasteiger partial charge in [-0.2, -0.15) is 0 Å². The van der Waals surface area contributed by atoms with Gasteiger partial charge in [0.05, 0.1) is 11.4 Å². The lowest BCUT2D eigenvalue weighted by Crippen LogP contribution is -2.31. The van der Waals surface area contributed by atoms with E-state index in [2.05, 4.69) is 4.99 Å². The summed E-state index contributed by atoms with van der Waals surface area (Å²) in [7, 11) is 0. The fraction of sp³-hybridized carbons (Fsp3) is 0.200. The summed E-state index contributed by atoms with van der Waals surface area (Å²) in [6.45, 7) is 3.83. The molecule has 0 bridgehead atoms. The van der Waals surface area contributed by atoms with Crippen molar-refractivity contribution in [3.05, 3.63) is 45.5 Å². The van der Waals surface area contributed by atoms with E-state index in [0.717, 1.165) is 5.57 Å². The quantitative estimate of drug-likeness (QED) is 0.689. The molecule has 0 aromatic heterocycles. The second-order valence-electron chi connectivity index (χ2n) is 5.31. The predicted molar refractivity (Wildman–Crippen MR) is 78.3 cm³/mol. The van der Waals surface area contributed by atoms with E-state index in [0.29, 0.717) is 17.0 Å². The lowest BCUT2D eigenvalue weighted by molar-refractivity contribution is -0.268. The number of aliphatic imine (C=N–C) groups is 1. The second kappa shape index (κ2) is 4.21. The molecule has 5 heteroatoms. The lowest BCUT2D eigenvalue weighted by Gasteiger charge is -2.36. The average Bonchev–Trinajstić information content (AvgIpc) is 2.37. The van der Waals surface area contributed by atoms with Crippen molar-refractivity contribution >= 4 is 40.4 Å². The number of nitrogens with zero attached hydrogens (tertiary/aromatic N) is 1. The fourth-order valence-electron chi connectivity index (χ4n) is 2.65. The van der Waals surface area contributed by atoms with Gasteiger partial charge >= 0.3 is 0 Å². The number of rotatable bonds is 0. The number of halogens is 2. The van der Waals surface area contributed by atoms with Gasteiger partial charge in [-0.15, -0.1) is 0 Å². The number of benzene rings is 1. The first-order valence-corrected chi connectivity index (χ1v) is 6.80. The Kier molecular flexibility index (Phi) is 2.82. The SMILES string of the molecule is CC1(C)C2=CC(=O)C=CC2=Nc2cc(Cl)c([O-])c(Cl)c21. The van der Waals surface area contributed by atoms with Crippen LogP contribution in [0, 0.1) is 0 Å². The first kappa shape index (κ1) is 13.4. The van der Waals surface area contributed by atoms with Crippen LogP contribution in [-0.2, 0) is 10.2 Å². The number of ketones is 1. The Bertz CT molecular complexity index is 743. The Balaban J connectivity index is 2.38. The Morgan fingerprint density at radius 2 is 1.95 bits per heavy atom. The highest BCUT2D eigenvalue weighted by atomic mass is 35.5. The van der Waals surface area contributed by atoms with E-state index in [1.807, 2.05) is 13.8 Å². The van der Waals surface area contributed by atoms with Crippen molar-refractivity contribution in [1.82, 2.24) is 0 Å². The molecule has 2 aliphatic rings. The van der Waals surface area contributed by atoms with Gasteiger partial charge in [-0.25, -0.2) is 4.99 Å². The van der Waals surface area contributed by atoms with Gasteiger partial charge in [0.15, 0.2) is 5.78 Å². The topological polar surface area (TPSA) is 52.5 Å². The average molecular weight is 307 g/mol. The number of hydrogen-bond donors (Lipinski definition) is 0. The number of carbonyl (C=O) groups is 1. The maximum absolute atomic E-state index is 11.9. The van der Waals surface area contributed by atoms with E-state index in [1.54, 1.807) is 6.08 Å². The summed E-state index contributed by atoms with van der Waals surface area (Å²) in [6, 6.07) is 1.53. The number of carbonyl (C=O) groups excluding carboxylic acids is 1. The zero-order valence-electron chi connectivity index (χ0n) is 10.8. The molecule has 1 heterocycles. The second-order valence-corrected chi connectivity index (χ2v) is 6.10. The largest absolute Gasteiger partial charge is 0.870 e. The molecule has 3 rings (SSSR count). The van der Waals surface area contributed by atoms with E-state index in [1.165, 1.54) is 18.2 Å². The minimum absolute atomic E-state index is 0.0530. The van der Waals surface area contributed by atoms with E-state index in [-0.39, 0.29) is 15.8 Å². The molecule has 0 N–H and O–H groups in total. The van der Waals surface area contributed by atoms with E-state index >= 15 is 0 Å². The van der Waals surface area contributed by atoms with Crippen LogP contribution in [0.5, 0.6) is 5.75 Å². The van der Waals surface area contributed by atoms with Crippen LogP contribution in [0.4, 0.5) is 5.69 Å². The molecule has 0 saturated heterocycles. The normalized spacial score (nSPS) is 19.1. The molecule has 1 aliphatic carbocycles. The van der Waals surface area contributed by atoms with Crippen LogP contribution in [0.2, 0.25) is 10.0 Å². The van der Waals surface area contributed by atoms with Crippen molar-refractivity contribution in [2.45, 2.75) is 19.3 Å². The molecule has 0 radical (unpaired) electrons. The summed E-state index contributed by atoms with van der Waals surface area (Å²) in [5.74, 6) is -0.500. The van der Waals surface area contributed by atoms with Crippen molar-refractivity contribution in [3.8, 4) is 5.75 Å². The zero-order valence-corrected chi connectivity index (χ0v) is 12.3. The van der Waals surface area contributed by atoms with Gasteiger partial charge in [-0.05, 0) is 29.9 Å². The monoisotopic (exact) mass is 306 g/mol. The molecule has 0 saturated carbocycles. The molecule has 0 unspecified atom stereocenters. The fourth-order valence-corrected chi connectivity index (χ4v) is 3.33. The maximum atomic E-state index is 11.9. The van der Waals surface area contributed by atoms with Crippen molar-refractivity contribution in [2.75, 3.05) is 0 Å².